The SMILES string of the molecule is C/C(=C\C=C/C=N)c1nc2ccccc2n1C. The summed E-state index contributed by atoms with van der Waals surface area (Å²) in [5.74, 6) is 0.959. The number of benzene rings is 1. The topological polar surface area (TPSA) is 41.7 Å². The van der Waals surface area contributed by atoms with Gasteiger partial charge in [-0.1, -0.05) is 24.3 Å². The number of para-hydroxylation sites is 2. The van der Waals surface area contributed by atoms with Gasteiger partial charge in [0.25, 0.3) is 0 Å². The van der Waals surface area contributed by atoms with Gasteiger partial charge in [0.2, 0.25) is 0 Å². The molecule has 1 aromatic heterocycles. The van der Waals surface area contributed by atoms with Crippen molar-refractivity contribution < 1.29 is 0 Å². The fraction of sp³-hybridized carbons (Fsp3) is 0.143. The van der Waals surface area contributed by atoms with E-state index in [0.717, 1.165) is 22.4 Å². The van der Waals surface area contributed by atoms with Crippen molar-refractivity contribution in [3.8, 4) is 0 Å². The lowest BCUT2D eigenvalue weighted by molar-refractivity contribution is 0.920. The lowest BCUT2D eigenvalue weighted by Crippen LogP contribution is -1.94. The maximum Gasteiger partial charge on any atom is 0.136 e. The first kappa shape index (κ1) is 11.3. The summed E-state index contributed by atoms with van der Waals surface area (Å²) in [5, 5.41) is 6.92. The fourth-order valence-corrected chi connectivity index (χ4v) is 1.83. The monoisotopic (exact) mass is 225 g/mol. The van der Waals surface area contributed by atoms with E-state index in [4.69, 9.17) is 5.41 Å². The highest BCUT2D eigenvalue weighted by Crippen LogP contribution is 2.19. The van der Waals surface area contributed by atoms with Gasteiger partial charge in [0, 0.05) is 13.3 Å². The highest BCUT2D eigenvalue weighted by atomic mass is 15.1. The number of nitrogens with one attached hydrogen (secondary N) is 1. The predicted octanol–water partition coefficient (Wildman–Crippen LogP) is 3.18. The Kier molecular flexibility index (Phi) is 3.19. The molecular weight excluding hydrogens is 210 g/mol. The van der Waals surface area contributed by atoms with Gasteiger partial charge in [0.15, 0.2) is 0 Å². The van der Waals surface area contributed by atoms with Crippen LogP contribution in [0.15, 0.2) is 42.5 Å². The van der Waals surface area contributed by atoms with E-state index in [-0.39, 0.29) is 0 Å². The van der Waals surface area contributed by atoms with E-state index < -0.39 is 0 Å². The lowest BCUT2D eigenvalue weighted by atomic mass is 10.2. The number of hydrogen-bond donors (Lipinski definition) is 1. The molecule has 0 aliphatic heterocycles. The molecule has 1 N–H and O–H groups in total. The Balaban J connectivity index is 2.48. The second kappa shape index (κ2) is 4.78. The van der Waals surface area contributed by atoms with E-state index in [1.54, 1.807) is 6.08 Å². The number of aromatic nitrogens is 2. The number of rotatable bonds is 3. The molecule has 3 heteroatoms. The average molecular weight is 225 g/mol. The molecule has 2 rings (SSSR count). The normalized spacial score (nSPS) is 12.5. The molecule has 0 aliphatic rings. The molecule has 0 unspecified atom stereocenters. The van der Waals surface area contributed by atoms with Crippen molar-refractivity contribution in [3.63, 3.8) is 0 Å². The van der Waals surface area contributed by atoms with Crippen LogP contribution in [0.5, 0.6) is 0 Å². The molecule has 0 amide bonds. The number of nitrogens with zero attached hydrogens (tertiary/aromatic N) is 2. The quantitative estimate of drug-likeness (QED) is 0.632. The van der Waals surface area contributed by atoms with Crippen molar-refractivity contribution in [1.29, 1.82) is 5.41 Å². The average Bonchev–Trinajstić information content (AvgIpc) is 2.68. The maximum absolute atomic E-state index is 6.92. The van der Waals surface area contributed by atoms with Gasteiger partial charge in [-0.2, -0.15) is 0 Å². The van der Waals surface area contributed by atoms with Gasteiger partial charge in [0.1, 0.15) is 5.82 Å². The summed E-state index contributed by atoms with van der Waals surface area (Å²) in [5.41, 5.74) is 3.22. The highest BCUT2D eigenvalue weighted by Gasteiger charge is 2.07. The molecule has 0 saturated heterocycles. The Morgan fingerprint density at radius 2 is 2.06 bits per heavy atom. The molecule has 0 fully saturated rings. The molecular formula is C14H15N3. The Hall–Kier alpha value is -2.16. The molecule has 0 saturated carbocycles. The lowest BCUT2D eigenvalue weighted by Gasteiger charge is -2.01. The van der Waals surface area contributed by atoms with Gasteiger partial charge in [0.05, 0.1) is 11.0 Å². The third-order valence-electron chi connectivity index (χ3n) is 2.69. The van der Waals surface area contributed by atoms with Crippen molar-refractivity contribution >= 4 is 22.8 Å². The summed E-state index contributed by atoms with van der Waals surface area (Å²) < 4.78 is 2.08. The van der Waals surface area contributed by atoms with Crippen LogP contribution in [0.4, 0.5) is 0 Å². The zero-order chi connectivity index (χ0) is 12.3. The standard InChI is InChI=1S/C14H15N3/c1-11(7-5-6-10-15)14-16-12-8-3-4-9-13(12)17(14)2/h3-10,15H,1-2H3/b6-5-,11-7+,15-10?. The molecule has 86 valence electrons. The van der Waals surface area contributed by atoms with Crippen LogP contribution >= 0.6 is 0 Å². The Morgan fingerprint density at radius 3 is 2.76 bits per heavy atom. The van der Waals surface area contributed by atoms with Crippen LogP contribution in [-0.2, 0) is 7.05 Å². The van der Waals surface area contributed by atoms with Crippen LogP contribution < -0.4 is 0 Å². The fourth-order valence-electron chi connectivity index (χ4n) is 1.83. The smallest absolute Gasteiger partial charge is 0.136 e. The Morgan fingerprint density at radius 1 is 1.29 bits per heavy atom. The van der Waals surface area contributed by atoms with Crippen LogP contribution in [0.25, 0.3) is 16.6 Å². The molecule has 0 spiro atoms. The molecule has 0 radical (unpaired) electrons. The molecule has 1 heterocycles. The molecule has 0 aliphatic carbocycles. The van der Waals surface area contributed by atoms with Crippen LogP contribution in [0, 0.1) is 5.41 Å². The minimum absolute atomic E-state index is 0.959. The minimum atomic E-state index is 0.959. The van der Waals surface area contributed by atoms with Crippen LogP contribution in [0.3, 0.4) is 0 Å². The molecule has 0 atom stereocenters. The number of fused-ring (bicyclic) bond motifs is 1. The first-order valence-electron chi connectivity index (χ1n) is 5.50. The van der Waals surface area contributed by atoms with Gasteiger partial charge >= 0.3 is 0 Å². The van der Waals surface area contributed by atoms with Crippen LogP contribution in [-0.4, -0.2) is 15.8 Å². The molecule has 2 aromatic rings. The first-order chi connectivity index (χ1) is 8.24. The number of allylic oxidation sites excluding steroid dienone is 4. The van der Waals surface area contributed by atoms with Crippen molar-refractivity contribution in [2.45, 2.75) is 6.92 Å². The summed E-state index contributed by atoms with van der Waals surface area (Å²) in [4.78, 5) is 4.59. The third kappa shape index (κ3) is 2.18. The van der Waals surface area contributed by atoms with Crippen molar-refractivity contribution in [1.82, 2.24) is 9.55 Å². The summed E-state index contributed by atoms with van der Waals surface area (Å²) in [6.07, 6.45) is 6.76. The summed E-state index contributed by atoms with van der Waals surface area (Å²) >= 11 is 0. The molecule has 1 aromatic carbocycles. The predicted molar refractivity (Wildman–Crippen MR) is 72.3 cm³/mol. The van der Waals surface area contributed by atoms with Gasteiger partial charge in [-0.15, -0.1) is 0 Å². The zero-order valence-electron chi connectivity index (χ0n) is 10.0. The third-order valence-corrected chi connectivity index (χ3v) is 2.69. The summed E-state index contributed by atoms with van der Waals surface area (Å²) in [6, 6.07) is 8.08. The van der Waals surface area contributed by atoms with E-state index in [9.17, 15) is 0 Å². The van der Waals surface area contributed by atoms with E-state index in [2.05, 4.69) is 15.6 Å². The van der Waals surface area contributed by atoms with E-state index in [1.165, 1.54) is 6.21 Å². The van der Waals surface area contributed by atoms with Crippen molar-refractivity contribution in [2.75, 3.05) is 0 Å². The van der Waals surface area contributed by atoms with Gasteiger partial charge < -0.3 is 9.98 Å². The summed E-state index contributed by atoms with van der Waals surface area (Å²) in [6.45, 7) is 2.02. The van der Waals surface area contributed by atoms with Crippen LogP contribution in [0.2, 0.25) is 0 Å². The highest BCUT2D eigenvalue weighted by molar-refractivity contribution is 5.80. The number of aryl methyl sites for hydroxylation is 1. The Labute approximate surface area is 101 Å². The van der Waals surface area contributed by atoms with Gasteiger partial charge in [-0.3, -0.25) is 0 Å². The van der Waals surface area contributed by atoms with Crippen LogP contribution in [0.1, 0.15) is 12.7 Å². The summed E-state index contributed by atoms with van der Waals surface area (Å²) in [7, 11) is 2.02. The molecule has 0 bridgehead atoms. The minimum Gasteiger partial charge on any atom is -0.327 e. The molecule has 17 heavy (non-hydrogen) atoms. The molecule has 3 nitrogen and oxygen atoms in total. The maximum atomic E-state index is 6.92. The largest absolute Gasteiger partial charge is 0.327 e. The second-order valence-corrected chi connectivity index (χ2v) is 3.88. The van der Waals surface area contributed by atoms with E-state index in [1.807, 2.05) is 44.3 Å². The van der Waals surface area contributed by atoms with E-state index in [0.29, 0.717) is 0 Å². The van der Waals surface area contributed by atoms with Crippen molar-refractivity contribution in [3.05, 3.63) is 48.3 Å². The Bertz CT molecular complexity index is 603. The number of hydrogen-bond acceptors (Lipinski definition) is 2. The first-order valence-corrected chi connectivity index (χ1v) is 5.50. The second-order valence-electron chi connectivity index (χ2n) is 3.88. The number of imidazole rings is 1. The zero-order valence-corrected chi connectivity index (χ0v) is 10.0. The van der Waals surface area contributed by atoms with Crippen molar-refractivity contribution in [2.24, 2.45) is 7.05 Å². The van der Waals surface area contributed by atoms with E-state index >= 15 is 0 Å². The van der Waals surface area contributed by atoms with Gasteiger partial charge in [-0.25, -0.2) is 4.98 Å². The van der Waals surface area contributed by atoms with Gasteiger partial charge in [-0.05, 0) is 30.7 Å².